The van der Waals surface area contributed by atoms with E-state index < -0.39 is 0 Å². The van der Waals surface area contributed by atoms with E-state index in [1.165, 1.54) is 18.2 Å². The Bertz CT molecular complexity index is 872. The van der Waals surface area contributed by atoms with E-state index in [0.717, 1.165) is 54.0 Å². The maximum Gasteiger partial charge on any atom is 0.263 e. The fourth-order valence-electron chi connectivity index (χ4n) is 4.44. The van der Waals surface area contributed by atoms with Gasteiger partial charge in [-0.3, -0.25) is 14.5 Å². The normalized spacial score (nSPS) is 17.7. The van der Waals surface area contributed by atoms with Crippen molar-refractivity contribution < 1.29 is 9.59 Å². The molecule has 1 aliphatic heterocycles. The number of fused-ring (bicyclic) bond motifs is 1. The van der Waals surface area contributed by atoms with Crippen molar-refractivity contribution in [2.24, 2.45) is 0 Å². The summed E-state index contributed by atoms with van der Waals surface area (Å²) in [6.07, 6.45) is 5.42. The van der Waals surface area contributed by atoms with Gasteiger partial charge in [-0.15, -0.1) is 11.3 Å². The molecule has 1 unspecified atom stereocenters. The molecule has 3 rings (SSSR count). The largest absolute Gasteiger partial charge is 0.344 e. The van der Waals surface area contributed by atoms with Crippen LogP contribution >= 0.6 is 11.3 Å². The van der Waals surface area contributed by atoms with Crippen LogP contribution in [0.25, 0.3) is 10.1 Å². The maximum absolute atomic E-state index is 12.9. The van der Waals surface area contributed by atoms with Gasteiger partial charge in [-0.05, 0) is 56.7 Å². The number of likely N-dealkylation sites (N-methyl/N-ethyl adjacent to an activating group) is 1. The first-order valence-electron chi connectivity index (χ1n) is 11.2. The van der Waals surface area contributed by atoms with Crippen LogP contribution in [0.1, 0.15) is 54.8 Å². The zero-order chi connectivity index (χ0) is 21.7. The number of carbonyl (C=O) groups excluding carboxylic acids is 2. The Kier molecular flexibility index (Phi) is 7.89. The summed E-state index contributed by atoms with van der Waals surface area (Å²) in [7, 11) is 3.63. The van der Waals surface area contributed by atoms with Gasteiger partial charge in [0, 0.05) is 37.9 Å². The average molecular weight is 430 g/mol. The van der Waals surface area contributed by atoms with E-state index in [9.17, 15) is 9.59 Å². The number of hydrogen-bond acceptors (Lipinski definition) is 4. The lowest BCUT2D eigenvalue weighted by Crippen LogP contribution is -2.45. The van der Waals surface area contributed by atoms with E-state index in [1.54, 1.807) is 16.2 Å². The SMILES string of the molecule is CCN(CC)C(=O)CN1CCCCCC1Cc1c(C(=O)N(C)C)sc2ccccc12. The molecule has 1 aromatic heterocycles. The summed E-state index contributed by atoms with van der Waals surface area (Å²) in [5.41, 5.74) is 1.15. The molecular formula is C24H35N3O2S. The number of thiophene rings is 1. The summed E-state index contributed by atoms with van der Waals surface area (Å²) in [4.78, 5) is 32.6. The van der Waals surface area contributed by atoms with E-state index in [1.807, 2.05) is 38.9 Å². The Balaban J connectivity index is 1.91. The van der Waals surface area contributed by atoms with Gasteiger partial charge >= 0.3 is 0 Å². The number of rotatable bonds is 7. The smallest absolute Gasteiger partial charge is 0.263 e. The molecule has 0 aliphatic carbocycles. The lowest BCUT2D eigenvalue weighted by atomic mass is 9.97. The Morgan fingerprint density at radius 1 is 1.10 bits per heavy atom. The van der Waals surface area contributed by atoms with Gasteiger partial charge < -0.3 is 9.80 Å². The predicted octanol–water partition coefficient (Wildman–Crippen LogP) is 4.26. The van der Waals surface area contributed by atoms with Crippen molar-refractivity contribution in [1.82, 2.24) is 14.7 Å². The monoisotopic (exact) mass is 429 g/mol. The van der Waals surface area contributed by atoms with E-state index in [2.05, 4.69) is 23.1 Å². The lowest BCUT2D eigenvalue weighted by molar-refractivity contribution is -0.132. The van der Waals surface area contributed by atoms with Crippen molar-refractivity contribution in [2.75, 3.05) is 40.3 Å². The fraction of sp³-hybridized carbons (Fsp3) is 0.583. The molecule has 6 heteroatoms. The van der Waals surface area contributed by atoms with Gasteiger partial charge in [-0.25, -0.2) is 0 Å². The van der Waals surface area contributed by atoms with Crippen molar-refractivity contribution in [3.8, 4) is 0 Å². The first-order chi connectivity index (χ1) is 14.5. The number of likely N-dealkylation sites (tertiary alicyclic amines) is 1. The minimum absolute atomic E-state index is 0.0746. The van der Waals surface area contributed by atoms with Crippen LogP contribution in [-0.4, -0.2) is 72.8 Å². The van der Waals surface area contributed by atoms with Gasteiger partial charge in [-0.2, -0.15) is 0 Å². The topological polar surface area (TPSA) is 43.9 Å². The molecular weight excluding hydrogens is 394 g/mol. The molecule has 2 amide bonds. The van der Waals surface area contributed by atoms with Crippen LogP contribution in [0.5, 0.6) is 0 Å². The third-order valence-corrected chi connectivity index (χ3v) is 7.39. The Labute approximate surface area is 184 Å². The van der Waals surface area contributed by atoms with Crippen LogP contribution in [-0.2, 0) is 11.2 Å². The van der Waals surface area contributed by atoms with Gasteiger partial charge in [0.2, 0.25) is 5.91 Å². The molecule has 0 spiro atoms. The molecule has 1 fully saturated rings. The summed E-state index contributed by atoms with van der Waals surface area (Å²) < 4.78 is 1.16. The second-order valence-corrected chi connectivity index (χ2v) is 9.40. The summed E-state index contributed by atoms with van der Waals surface area (Å²) >= 11 is 1.60. The zero-order valence-electron chi connectivity index (χ0n) is 18.8. The van der Waals surface area contributed by atoms with Crippen molar-refractivity contribution >= 4 is 33.2 Å². The van der Waals surface area contributed by atoms with Crippen LogP contribution < -0.4 is 0 Å². The highest BCUT2D eigenvalue weighted by molar-refractivity contribution is 7.21. The standard InChI is InChI=1S/C24H35N3O2S/c1-5-26(6-2)22(28)17-27-15-11-7-8-12-18(27)16-20-19-13-9-10-14-21(19)30-23(20)24(29)25(3)4/h9-10,13-14,18H,5-8,11-12,15-17H2,1-4H3. The van der Waals surface area contributed by atoms with Gasteiger partial charge in [0.05, 0.1) is 11.4 Å². The minimum atomic E-state index is 0.0746. The van der Waals surface area contributed by atoms with Crippen LogP contribution in [0, 0.1) is 0 Å². The third-order valence-electron chi connectivity index (χ3n) is 6.19. The van der Waals surface area contributed by atoms with Gasteiger partial charge in [0.1, 0.15) is 0 Å². The van der Waals surface area contributed by atoms with Gasteiger partial charge in [0.15, 0.2) is 0 Å². The predicted molar refractivity (Wildman–Crippen MR) is 125 cm³/mol. The number of hydrogen-bond donors (Lipinski definition) is 0. The van der Waals surface area contributed by atoms with Crippen LogP contribution in [0.3, 0.4) is 0 Å². The Hall–Kier alpha value is -1.92. The first-order valence-corrected chi connectivity index (χ1v) is 12.0. The molecule has 5 nitrogen and oxygen atoms in total. The van der Waals surface area contributed by atoms with E-state index >= 15 is 0 Å². The quantitative estimate of drug-likeness (QED) is 0.661. The van der Waals surface area contributed by atoms with Crippen molar-refractivity contribution in [1.29, 1.82) is 0 Å². The second-order valence-electron chi connectivity index (χ2n) is 8.35. The highest BCUT2D eigenvalue weighted by Crippen LogP contribution is 2.34. The number of carbonyl (C=O) groups is 2. The molecule has 0 saturated carbocycles. The fourth-order valence-corrected chi connectivity index (χ4v) is 5.69. The number of nitrogens with zero attached hydrogens (tertiary/aromatic N) is 3. The van der Waals surface area contributed by atoms with E-state index in [4.69, 9.17) is 0 Å². The summed E-state index contributed by atoms with van der Waals surface area (Å²) in [6.45, 7) is 7.02. The molecule has 0 N–H and O–H groups in total. The van der Waals surface area contributed by atoms with Crippen LogP contribution in [0.15, 0.2) is 24.3 Å². The minimum Gasteiger partial charge on any atom is -0.344 e. The average Bonchev–Trinajstić information content (AvgIpc) is 2.95. The molecule has 2 aromatic rings. The molecule has 2 heterocycles. The van der Waals surface area contributed by atoms with Gasteiger partial charge in [0.25, 0.3) is 5.91 Å². The van der Waals surface area contributed by atoms with Crippen LogP contribution in [0.4, 0.5) is 0 Å². The lowest BCUT2D eigenvalue weighted by Gasteiger charge is -2.31. The van der Waals surface area contributed by atoms with E-state index in [0.29, 0.717) is 12.6 Å². The Morgan fingerprint density at radius 3 is 2.53 bits per heavy atom. The maximum atomic E-state index is 12.9. The molecule has 1 aromatic carbocycles. The second kappa shape index (κ2) is 10.4. The zero-order valence-corrected chi connectivity index (χ0v) is 19.6. The molecule has 1 saturated heterocycles. The molecule has 164 valence electrons. The summed E-state index contributed by atoms with van der Waals surface area (Å²) in [6, 6.07) is 8.61. The first kappa shape index (κ1) is 22.8. The molecule has 30 heavy (non-hydrogen) atoms. The van der Waals surface area contributed by atoms with Crippen molar-refractivity contribution in [3.63, 3.8) is 0 Å². The molecule has 1 aliphatic rings. The van der Waals surface area contributed by atoms with Crippen LogP contribution in [0.2, 0.25) is 0 Å². The number of benzene rings is 1. The van der Waals surface area contributed by atoms with E-state index in [-0.39, 0.29) is 11.8 Å². The molecule has 0 bridgehead atoms. The van der Waals surface area contributed by atoms with Crippen molar-refractivity contribution in [2.45, 2.75) is 52.0 Å². The van der Waals surface area contributed by atoms with Crippen molar-refractivity contribution in [3.05, 3.63) is 34.7 Å². The molecule has 1 atom stereocenters. The highest BCUT2D eigenvalue weighted by Gasteiger charge is 2.28. The summed E-state index contributed by atoms with van der Waals surface area (Å²) in [5.74, 6) is 0.289. The Morgan fingerprint density at radius 2 is 1.83 bits per heavy atom. The highest BCUT2D eigenvalue weighted by atomic mass is 32.1. The van der Waals surface area contributed by atoms with Gasteiger partial charge in [-0.1, -0.05) is 31.0 Å². The summed E-state index contributed by atoms with van der Waals surface area (Å²) in [5, 5.41) is 1.19. The molecule has 0 radical (unpaired) electrons. The third kappa shape index (κ3) is 5.03. The number of amides is 2.